The maximum absolute atomic E-state index is 12.7. The first kappa shape index (κ1) is 22.8. The second-order valence-electron chi connectivity index (χ2n) is 10.3. The van der Waals surface area contributed by atoms with E-state index in [4.69, 9.17) is 21.3 Å². The number of carboxylic acids is 1. The fraction of sp³-hybridized carbons (Fsp3) is 0.481. The number of amidine groups is 1. The Morgan fingerprint density at radius 3 is 2.63 bits per heavy atom. The minimum Gasteiger partial charge on any atom is -0.481 e. The van der Waals surface area contributed by atoms with Gasteiger partial charge in [-0.1, -0.05) is 23.7 Å². The smallest absolute Gasteiger partial charge is 0.308 e. The van der Waals surface area contributed by atoms with Gasteiger partial charge in [0.2, 0.25) is 0 Å². The Kier molecular flexibility index (Phi) is 5.95. The highest BCUT2D eigenvalue weighted by Crippen LogP contribution is 2.42. The zero-order chi connectivity index (χ0) is 24.1. The average molecular weight is 495 g/mol. The summed E-state index contributed by atoms with van der Waals surface area (Å²) >= 11 is 6.30. The van der Waals surface area contributed by atoms with Crippen molar-refractivity contribution < 1.29 is 14.6 Å². The van der Waals surface area contributed by atoms with Crippen LogP contribution in [0.3, 0.4) is 0 Å². The number of hydrogen-bond acceptors (Lipinski definition) is 6. The van der Waals surface area contributed by atoms with Crippen LogP contribution in [0.15, 0.2) is 47.5 Å². The highest BCUT2D eigenvalue weighted by molar-refractivity contribution is 6.31. The van der Waals surface area contributed by atoms with Crippen molar-refractivity contribution in [2.24, 2.45) is 22.7 Å². The molecule has 5 aliphatic rings. The highest BCUT2D eigenvalue weighted by atomic mass is 35.5. The minimum absolute atomic E-state index is 0.0929. The number of nitrogens with zero attached hydrogens (tertiary/aromatic N) is 4. The van der Waals surface area contributed by atoms with Crippen molar-refractivity contribution in [2.45, 2.75) is 18.9 Å². The molecule has 2 aromatic rings. The molecule has 0 spiro atoms. The van der Waals surface area contributed by atoms with Crippen LogP contribution in [0.1, 0.15) is 18.4 Å². The van der Waals surface area contributed by atoms with Crippen molar-refractivity contribution in [1.29, 1.82) is 0 Å². The molecule has 0 aliphatic carbocycles. The van der Waals surface area contributed by atoms with Crippen LogP contribution < -0.4 is 4.74 Å². The largest absolute Gasteiger partial charge is 0.481 e. The quantitative estimate of drug-likeness (QED) is 0.690. The molecule has 0 amide bonds. The second-order valence-corrected chi connectivity index (χ2v) is 10.7. The SMILES string of the molecule is CN1CCN(C2=Nc3cc(Cl)ccc3Oc3ccccc32)C[C@@H]1[C@@H](C(=O)O)C1CN2CCC1CC2. The van der Waals surface area contributed by atoms with Crippen molar-refractivity contribution in [3.63, 3.8) is 0 Å². The summed E-state index contributed by atoms with van der Waals surface area (Å²) in [6.07, 6.45) is 2.23. The zero-order valence-corrected chi connectivity index (χ0v) is 20.7. The van der Waals surface area contributed by atoms with E-state index in [9.17, 15) is 9.90 Å². The molecule has 0 aromatic heterocycles. The van der Waals surface area contributed by atoms with Crippen LogP contribution in [0.25, 0.3) is 0 Å². The summed E-state index contributed by atoms with van der Waals surface area (Å²) in [4.78, 5) is 24.7. The molecule has 8 heteroatoms. The van der Waals surface area contributed by atoms with Gasteiger partial charge in [-0.25, -0.2) is 4.99 Å². The van der Waals surface area contributed by atoms with Gasteiger partial charge < -0.3 is 19.6 Å². The third-order valence-corrected chi connectivity index (χ3v) is 8.59. The topological polar surface area (TPSA) is 68.6 Å². The lowest BCUT2D eigenvalue weighted by Crippen LogP contribution is -2.61. The molecule has 4 fully saturated rings. The standard InChI is InChI=1S/C27H31ClN4O3/c1-30-12-13-32(16-22(30)25(27(33)34)20-15-31-10-8-17(20)9-11-31)26-19-4-2-3-5-23(19)35-24-7-6-18(28)14-21(24)29-26/h2-7,14,17,20,22,25H,8-13,15-16H2,1H3,(H,33,34)/t20?,22-,25+/m1/s1. The van der Waals surface area contributed by atoms with Gasteiger partial charge in [0.1, 0.15) is 17.3 Å². The van der Waals surface area contributed by atoms with E-state index in [2.05, 4.69) is 21.7 Å². The van der Waals surface area contributed by atoms with Gasteiger partial charge in [-0.3, -0.25) is 9.69 Å². The predicted molar refractivity (Wildman–Crippen MR) is 136 cm³/mol. The fourth-order valence-corrected chi connectivity index (χ4v) is 6.64. The molecular weight excluding hydrogens is 464 g/mol. The normalized spacial score (nSPS) is 28.9. The van der Waals surface area contributed by atoms with E-state index in [-0.39, 0.29) is 12.0 Å². The third-order valence-electron chi connectivity index (χ3n) is 8.36. The summed E-state index contributed by atoms with van der Waals surface area (Å²) in [5.74, 6) is 1.84. The van der Waals surface area contributed by atoms with Crippen LogP contribution >= 0.6 is 11.6 Å². The Bertz CT molecular complexity index is 1160. The number of benzene rings is 2. The van der Waals surface area contributed by atoms with E-state index in [0.717, 1.165) is 62.7 Å². The number of aliphatic imine (C=N–C) groups is 1. The molecule has 0 saturated carbocycles. The van der Waals surface area contributed by atoms with Crippen molar-refractivity contribution in [3.05, 3.63) is 53.1 Å². The molecule has 1 unspecified atom stereocenters. The van der Waals surface area contributed by atoms with Crippen LogP contribution in [0.5, 0.6) is 11.5 Å². The highest BCUT2D eigenvalue weighted by Gasteiger charge is 2.47. The molecule has 0 radical (unpaired) electrons. The molecule has 35 heavy (non-hydrogen) atoms. The number of aliphatic carboxylic acids is 1. The number of fused-ring (bicyclic) bond motifs is 5. The Morgan fingerprint density at radius 1 is 1.09 bits per heavy atom. The molecule has 3 atom stereocenters. The van der Waals surface area contributed by atoms with Gasteiger partial charge in [-0.05, 0) is 75.1 Å². The van der Waals surface area contributed by atoms with E-state index in [1.165, 1.54) is 0 Å². The van der Waals surface area contributed by atoms with Crippen molar-refractivity contribution in [3.8, 4) is 11.5 Å². The molecule has 7 nitrogen and oxygen atoms in total. The van der Waals surface area contributed by atoms with E-state index in [1.54, 1.807) is 6.07 Å². The van der Waals surface area contributed by atoms with Crippen molar-refractivity contribution in [2.75, 3.05) is 46.3 Å². The lowest BCUT2D eigenvalue weighted by Gasteiger charge is -2.51. The lowest BCUT2D eigenvalue weighted by molar-refractivity contribution is -0.151. The Balaban J connectivity index is 1.36. The number of carbonyl (C=O) groups is 1. The summed E-state index contributed by atoms with van der Waals surface area (Å²) in [5.41, 5.74) is 1.60. The molecule has 5 heterocycles. The van der Waals surface area contributed by atoms with Crippen LogP contribution in [-0.2, 0) is 4.79 Å². The first-order valence-corrected chi connectivity index (χ1v) is 12.9. The van der Waals surface area contributed by atoms with Crippen LogP contribution in [0.2, 0.25) is 5.02 Å². The number of rotatable bonds is 3. The van der Waals surface area contributed by atoms with Crippen molar-refractivity contribution >= 4 is 29.1 Å². The van der Waals surface area contributed by atoms with Gasteiger partial charge in [0.25, 0.3) is 0 Å². The first-order valence-electron chi connectivity index (χ1n) is 12.5. The molecular formula is C27H31ClN4O3. The molecule has 5 aliphatic heterocycles. The second kappa shape index (κ2) is 9.12. The number of para-hydroxylation sites is 1. The number of piperidine rings is 3. The fourth-order valence-electron chi connectivity index (χ4n) is 6.47. The Morgan fingerprint density at radius 2 is 1.89 bits per heavy atom. The van der Waals surface area contributed by atoms with Gasteiger partial charge in [0.15, 0.2) is 5.75 Å². The number of likely N-dealkylation sites (N-methyl/N-ethyl adjacent to an activating group) is 1. The van der Waals surface area contributed by atoms with E-state index >= 15 is 0 Å². The van der Waals surface area contributed by atoms with Crippen LogP contribution in [-0.4, -0.2) is 84.0 Å². The van der Waals surface area contributed by atoms with Gasteiger partial charge in [-0.2, -0.15) is 0 Å². The summed E-state index contributed by atoms with van der Waals surface area (Å²) < 4.78 is 6.23. The summed E-state index contributed by atoms with van der Waals surface area (Å²) in [7, 11) is 2.07. The van der Waals surface area contributed by atoms with Crippen LogP contribution in [0, 0.1) is 17.8 Å². The van der Waals surface area contributed by atoms with Gasteiger partial charge in [0.05, 0.1) is 11.5 Å². The number of piperazine rings is 1. The summed E-state index contributed by atoms with van der Waals surface area (Å²) in [5, 5.41) is 11.1. The monoisotopic (exact) mass is 494 g/mol. The van der Waals surface area contributed by atoms with E-state index < -0.39 is 11.9 Å². The van der Waals surface area contributed by atoms with Gasteiger partial charge in [0, 0.05) is 37.2 Å². The molecule has 2 bridgehead atoms. The summed E-state index contributed by atoms with van der Waals surface area (Å²) in [6.45, 7) is 5.27. The third kappa shape index (κ3) is 4.20. The predicted octanol–water partition coefficient (Wildman–Crippen LogP) is 4.18. The molecule has 4 saturated heterocycles. The zero-order valence-electron chi connectivity index (χ0n) is 19.9. The van der Waals surface area contributed by atoms with E-state index in [0.29, 0.717) is 28.9 Å². The first-order chi connectivity index (χ1) is 17.0. The molecule has 2 aromatic carbocycles. The number of carboxylic acid groups (broad SMARTS) is 1. The maximum Gasteiger partial charge on any atom is 0.308 e. The van der Waals surface area contributed by atoms with Crippen LogP contribution in [0.4, 0.5) is 5.69 Å². The number of hydrogen-bond donors (Lipinski definition) is 1. The van der Waals surface area contributed by atoms with Crippen molar-refractivity contribution in [1.82, 2.24) is 14.7 Å². The Hall–Kier alpha value is -2.61. The number of halogens is 1. The minimum atomic E-state index is -0.675. The summed E-state index contributed by atoms with van der Waals surface area (Å²) in [6, 6.07) is 13.3. The van der Waals surface area contributed by atoms with Gasteiger partial charge in [-0.15, -0.1) is 0 Å². The average Bonchev–Trinajstić information content (AvgIpc) is 3.02. The Labute approximate surface area is 210 Å². The molecule has 184 valence electrons. The van der Waals surface area contributed by atoms with E-state index in [1.807, 2.05) is 36.4 Å². The maximum atomic E-state index is 12.7. The lowest BCUT2D eigenvalue weighted by atomic mass is 9.69. The number of ether oxygens (including phenoxy) is 1. The van der Waals surface area contributed by atoms with Gasteiger partial charge >= 0.3 is 5.97 Å². The molecule has 7 rings (SSSR count). The molecule has 1 N–H and O–H groups in total.